The van der Waals surface area contributed by atoms with Gasteiger partial charge < -0.3 is 5.32 Å². The highest BCUT2D eigenvalue weighted by molar-refractivity contribution is 7.99. The van der Waals surface area contributed by atoms with Crippen molar-refractivity contribution in [1.29, 1.82) is 0 Å². The molecule has 0 radical (unpaired) electrons. The molecule has 0 saturated heterocycles. The van der Waals surface area contributed by atoms with Crippen LogP contribution in [0.15, 0.2) is 0 Å². The fraction of sp³-hybridized carbons (Fsp3) is 0.875. The Morgan fingerprint density at radius 1 is 1.58 bits per heavy atom. The zero-order valence-corrected chi connectivity index (χ0v) is 9.17. The van der Waals surface area contributed by atoms with Crippen LogP contribution in [0.4, 0.5) is 0 Å². The first-order valence-corrected chi connectivity index (χ1v) is 5.69. The summed E-state index contributed by atoms with van der Waals surface area (Å²) in [6.07, 6.45) is 0.425. The van der Waals surface area contributed by atoms with Crippen LogP contribution in [0.1, 0.15) is 20.3 Å². The summed E-state index contributed by atoms with van der Waals surface area (Å²) >= 11 is 7.24. The third-order valence-electron chi connectivity index (χ3n) is 1.20. The summed E-state index contributed by atoms with van der Waals surface area (Å²) in [5.41, 5.74) is 0. The minimum Gasteiger partial charge on any atom is -0.355 e. The molecule has 0 aliphatic rings. The highest BCUT2D eigenvalue weighted by Gasteiger charge is 1.98. The molecule has 2 nitrogen and oxygen atoms in total. The molecule has 0 aromatic heterocycles. The number of thioether (sulfide) groups is 1. The molecule has 0 saturated carbocycles. The molecule has 72 valence electrons. The fourth-order valence-electron chi connectivity index (χ4n) is 0.659. The van der Waals surface area contributed by atoms with Crippen molar-refractivity contribution in [2.45, 2.75) is 25.5 Å². The van der Waals surface area contributed by atoms with Gasteiger partial charge >= 0.3 is 0 Å². The quantitative estimate of drug-likeness (QED) is 0.535. The highest BCUT2D eigenvalue weighted by Crippen LogP contribution is 2.06. The van der Waals surface area contributed by atoms with E-state index in [4.69, 9.17) is 11.6 Å². The molecular weight excluding hydrogens is 194 g/mol. The number of halogens is 1. The van der Waals surface area contributed by atoms with E-state index in [-0.39, 0.29) is 5.91 Å². The number of amides is 1. The molecule has 0 atom stereocenters. The molecule has 0 aliphatic carbocycles. The molecule has 0 bridgehead atoms. The molecule has 0 rings (SSSR count). The van der Waals surface area contributed by atoms with E-state index in [1.54, 1.807) is 0 Å². The molecule has 0 aromatic carbocycles. The highest BCUT2D eigenvalue weighted by atomic mass is 35.5. The zero-order chi connectivity index (χ0) is 9.40. The fourth-order valence-corrected chi connectivity index (χ4v) is 1.52. The molecular formula is C8H16ClNOS. The Morgan fingerprint density at radius 2 is 2.25 bits per heavy atom. The summed E-state index contributed by atoms with van der Waals surface area (Å²) < 4.78 is 0. The lowest BCUT2D eigenvalue weighted by molar-refractivity contribution is -0.120. The Bertz CT molecular complexity index is 130. The third-order valence-corrected chi connectivity index (χ3v) is 2.49. The number of alkyl halides is 1. The van der Waals surface area contributed by atoms with Crippen LogP contribution in [0.2, 0.25) is 0 Å². The Kier molecular flexibility index (Phi) is 7.81. The van der Waals surface area contributed by atoms with Crippen LogP contribution >= 0.6 is 23.4 Å². The second-order valence-corrected chi connectivity index (χ2v) is 4.77. The largest absolute Gasteiger partial charge is 0.355 e. The van der Waals surface area contributed by atoms with Crippen molar-refractivity contribution < 1.29 is 4.79 Å². The summed E-state index contributed by atoms with van der Waals surface area (Å²) in [7, 11) is 0. The van der Waals surface area contributed by atoms with Crippen LogP contribution in [0.25, 0.3) is 0 Å². The second kappa shape index (κ2) is 7.74. The molecule has 0 aromatic rings. The lowest BCUT2D eigenvalue weighted by Gasteiger charge is -2.05. The average Bonchev–Trinajstić information content (AvgIpc) is 1.98. The van der Waals surface area contributed by atoms with Crippen molar-refractivity contribution in [2.24, 2.45) is 0 Å². The van der Waals surface area contributed by atoms with Gasteiger partial charge in [-0.25, -0.2) is 0 Å². The van der Waals surface area contributed by atoms with Crippen molar-refractivity contribution in [3.63, 3.8) is 0 Å². The van der Waals surface area contributed by atoms with Crippen LogP contribution in [-0.2, 0) is 4.79 Å². The van der Waals surface area contributed by atoms with E-state index in [0.717, 1.165) is 12.3 Å². The van der Waals surface area contributed by atoms with Gasteiger partial charge in [0.15, 0.2) is 0 Å². The zero-order valence-electron chi connectivity index (χ0n) is 7.60. The van der Waals surface area contributed by atoms with Crippen molar-refractivity contribution in [2.75, 3.05) is 18.2 Å². The first-order valence-electron chi connectivity index (χ1n) is 4.11. The van der Waals surface area contributed by atoms with Gasteiger partial charge in [0.25, 0.3) is 0 Å². The normalized spacial score (nSPS) is 10.3. The maximum absolute atomic E-state index is 10.9. The van der Waals surface area contributed by atoms with E-state index in [9.17, 15) is 4.79 Å². The van der Waals surface area contributed by atoms with Crippen molar-refractivity contribution in [3.05, 3.63) is 0 Å². The van der Waals surface area contributed by atoms with Gasteiger partial charge in [-0.05, 0) is 5.25 Å². The van der Waals surface area contributed by atoms with E-state index in [1.165, 1.54) is 0 Å². The molecule has 0 spiro atoms. The number of hydrogen-bond donors (Lipinski definition) is 1. The summed E-state index contributed by atoms with van der Waals surface area (Å²) in [6, 6.07) is 0. The van der Waals surface area contributed by atoms with E-state index >= 15 is 0 Å². The van der Waals surface area contributed by atoms with E-state index in [2.05, 4.69) is 19.2 Å². The maximum Gasteiger partial charge on any atom is 0.221 e. The van der Waals surface area contributed by atoms with Gasteiger partial charge in [-0.1, -0.05) is 13.8 Å². The van der Waals surface area contributed by atoms with Gasteiger partial charge in [-0.3, -0.25) is 4.79 Å². The number of nitrogens with one attached hydrogen (secondary N) is 1. The lowest BCUT2D eigenvalue weighted by atomic mass is 10.4. The van der Waals surface area contributed by atoms with Gasteiger partial charge in [-0.15, -0.1) is 11.6 Å². The van der Waals surface area contributed by atoms with Gasteiger partial charge in [-0.2, -0.15) is 11.8 Å². The van der Waals surface area contributed by atoms with Crippen LogP contribution in [0, 0.1) is 0 Å². The van der Waals surface area contributed by atoms with Gasteiger partial charge in [0, 0.05) is 24.6 Å². The minimum absolute atomic E-state index is 0.0503. The third kappa shape index (κ3) is 8.21. The number of carbonyl (C=O) groups excluding carboxylic acids is 1. The van der Waals surface area contributed by atoms with Crippen LogP contribution in [-0.4, -0.2) is 29.3 Å². The first kappa shape index (κ1) is 12.1. The lowest BCUT2D eigenvalue weighted by Crippen LogP contribution is -2.26. The Hall–Kier alpha value is 0.110. The Labute approximate surface area is 83.4 Å². The topological polar surface area (TPSA) is 29.1 Å². The molecule has 12 heavy (non-hydrogen) atoms. The van der Waals surface area contributed by atoms with Crippen LogP contribution in [0.3, 0.4) is 0 Å². The smallest absolute Gasteiger partial charge is 0.221 e. The van der Waals surface area contributed by atoms with E-state index in [0.29, 0.717) is 17.6 Å². The molecule has 0 unspecified atom stereocenters. The number of hydrogen-bond acceptors (Lipinski definition) is 2. The second-order valence-electron chi connectivity index (χ2n) is 2.71. The van der Waals surface area contributed by atoms with Crippen molar-refractivity contribution in [1.82, 2.24) is 5.32 Å². The average molecular weight is 210 g/mol. The predicted octanol–water partition coefficient (Wildman–Crippen LogP) is 1.87. The molecule has 0 heterocycles. The Balaban J connectivity index is 3.14. The predicted molar refractivity (Wildman–Crippen MR) is 55.9 cm³/mol. The van der Waals surface area contributed by atoms with E-state index in [1.807, 2.05) is 11.8 Å². The van der Waals surface area contributed by atoms with Crippen LogP contribution in [0.5, 0.6) is 0 Å². The van der Waals surface area contributed by atoms with Gasteiger partial charge in [0.2, 0.25) is 5.91 Å². The maximum atomic E-state index is 10.9. The molecule has 1 N–H and O–H groups in total. The van der Waals surface area contributed by atoms with Crippen LogP contribution < -0.4 is 5.32 Å². The van der Waals surface area contributed by atoms with Crippen molar-refractivity contribution in [3.8, 4) is 0 Å². The summed E-state index contributed by atoms with van der Waals surface area (Å²) in [5.74, 6) is 1.43. The molecule has 0 fully saturated rings. The summed E-state index contributed by atoms with van der Waals surface area (Å²) in [5, 5.41) is 3.43. The standard InChI is InChI=1S/C8H16ClNOS/c1-7(2)12-6-5-10-8(11)3-4-9/h7H,3-6H2,1-2H3,(H,10,11). The SMILES string of the molecule is CC(C)SCCNC(=O)CCCl. The van der Waals surface area contributed by atoms with Crippen molar-refractivity contribution >= 4 is 29.3 Å². The molecule has 0 aliphatic heterocycles. The van der Waals surface area contributed by atoms with Gasteiger partial charge in [0.05, 0.1) is 0 Å². The first-order chi connectivity index (χ1) is 5.66. The minimum atomic E-state index is 0.0503. The summed E-state index contributed by atoms with van der Waals surface area (Å²) in [6.45, 7) is 5.04. The number of carbonyl (C=O) groups is 1. The molecule has 1 amide bonds. The summed E-state index contributed by atoms with van der Waals surface area (Å²) in [4.78, 5) is 10.9. The Morgan fingerprint density at radius 3 is 2.75 bits per heavy atom. The van der Waals surface area contributed by atoms with E-state index < -0.39 is 0 Å². The monoisotopic (exact) mass is 209 g/mol. The molecule has 4 heteroatoms. The van der Waals surface area contributed by atoms with Gasteiger partial charge in [0.1, 0.15) is 0 Å². The number of rotatable bonds is 6.